The Balaban J connectivity index is 1.83. The van der Waals surface area contributed by atoms with Crippen molar-refractivity contribution in [2.45, 2.75) is 50.9 Å². The fourth-order valence-electron chi connectivity index (χ4n) is 2.50. The lowest BCUT2D eigenvalue weighted by atomic mass is 9.82. The SMILES string of the molecule is CC(N)CC1CCC2OCOC2C1. The van der Waals surface area contributed by atoms with Gasteiger partial charge in [0.1, 0.15) is 6.79 Å². The zero-order chi connectivity index (χ0) is 9.26. The maximum atomic E-state index is 5.79. The summed E-state index contributed by atoms with van der Waals surface area (Å²) >= 11 is 0. The standard InChI is InChI=1S/C10H19NO2/c1-7(11)4-8-2-3-9-10(5-8)13-6-12-9/h7-10H,2-6,11H2,1H3. The van der Waals surface area contributed by atoms with Crippen LogP contribution in [0.25, 0.3) is 0 Å². The van der Waals surface area contributed by atoms with Gasteiger partial charge in [0.05, 0.1) is 12.2 Å². The highest BCUT2D eigenvalue weighted by Gasteiger charge is 2.35. The van der Waals surface area contributed by atoms with Crippen LogP contribution in [-0.2, 0) is 9.47 Å². The highest BCUT2D eigenvalue weighted by Crippen LogP contribution is 2.33. The molecule has 2 aliphatic rings. The van der Waals surface area contributed by atoms with Gasteiger partial charge < -0.3 is 15.2 Å². The molecule has 13 heavy (non-hydrogen) atoms. The maximum absolute atomic E-state index is 5.79. The van der Waals surface area contributed by atoms with Crippen LogP contribution in [0.2, 0.25) is 0 Å². The molecule has 0 bridgehead atoms. The van der Waals surface area contributed by atoms with E-state index < -0.39 is 0 Å². The first kappa shape index (κ1) is 9.44. The van der Waals surface area contributed by atoms with Crippen LogP contribution >= 0.6 is 0 Å². The van der Waals surface area contributed by atoms with Crippen LogP contribution in [-0.4, -0.2) is 25.0 Å². The van der Waals surface area contributed by atoms with Gasteiger partial charge in [-0.1, -0.05) is 0 Å². The van der Waals surface area contributed by atoms with Gasteiger partial charge in [-0.05, 0) is 38.5 Å². The number of ether oxygens (including phenoxy) is 2. The Kier molecular flexibility index (Phi) is 2.86. The number of rotatable bonds is 2. The van der Waals surface area contributed by atoms with Crippen molar-refractivity contribution >= 4 is 0 Å². The molecule has 4 atom stereocenters. The van der Waals surface area contributed by atoms with Crippen molar-refractivity contribution in [2.75, 3.05) is 6.79 Å². The molecule has 0 aromatic rings. The first-order valence-electron chi connectivity index (χ1n) is 5.24. The molecule has 3 heteroatoms. The summed E-state index contributed by atoms with van der Waals surface area (Å²) in [6, 6.07) is 0.323. The Morgan fingerprint density at radius 3 is 2.85 bits per heavy atom. The summed E-state index contributed by atoms with van der Waals surface area (Å²) in [7, 11) is 0. The van der Waals surface area contributed by atoms with Crippen LogP contribution < -0.4 is 5.73 Å². The second-order valence-corrected chi connectivity index (χ2v) is 4.42. The third kappa shape index (κ3) is 2.22. The van der Waals surface area contributed by atoms with Crippen LogP contribution in [0.1, 0.15) is 32.6 Å². The van der Waals surface area contributed by atoms with Crippen molar-refractivity contribution in [1.82, 2.24) is 0 Å². The minimum absolute atomic E-state index is 0.323. The number of hydrogen-bond donors (Lipinski definition) is 1. The Hall–Kier alpha value is -0.120. The molecule has 0 aromatic carbocycles. The minimum atomic E-state index is 0.323. The normalized spacial score (nSPS) is 41.5. The van der Waals surface area contributed by atoms with Gasteiger partial charge >= 0.3 is 0 Å². The summed E-state index contributed by atoms with van der Waals surface area (Å²) < 4.78 is 11.0. The van der Waals surface area contributed by atoms with Gasteiger partial charge in [-0.2, -0.15) is 0 Å². The summed E-state index contributed by atoms with van der Waals surface area (Å²) in [4.78, 5) is 0. The smallest absolute Gasteiger partial charge is 0.147 e. The molecule has 76 valence electrons. The fraction of sp³-hybridized carbons (Fsp3) is 1.00. The molecule has 2 N–H and O–H groups in total. The zero-order valence-electron chi connectivity index (χ0n) is 8.24. The molecule has 1 aliphatic heterocycles. The molecule has 1 heterocycles. The molecule has 1 saturated heterocycles. The van der Waals surface area contributed by atoms with Gasteiger partial charge in [0.2, 0.25) is 0 Å². The highest BCUT2D eigenvalue weighted by molar-refractivity contribution is 4.84. The number of fused-ring (bicyclic) bond motifs is 1. The molecule has 1 aliphatic carbocycles. The van der Waals surface area contributed by atoms with E-state index >= 15 is 0 Å². The molecule has 3 nitrogen and oxygen atoms in total. The van der Waals surface area contributed by atoms with E-state index in [1.165, 1.54) is 6.42 Å². The summed E-state index contributed by atoms with van der Waals surface area (Å²) in [6.45, 7) is 2.58. The van der Waals surface area contributed by atoms with Crippen molar-refractivity contribution < 1.29 is 9.47 Å². The fourth-order valence-corrected chi connectivity index (χ4v) is 2.50. The molecular formula is C10H19NO2. The number of hydrogen-bond acceptors (Lipinski definition) is 3. The lowest BCUT2D eigenvalue weighted by Crippen LogP contribution is -2.33. The van der Waals surface area contributed by atoms with Crippen LogP contribution in [0, 0.1) is 5.92 Å². The van der Waals surface area contributed by atoms with Crippen molar-refractivity contribution in [3.05, 3.63) is 0 Å². The zero-order valence-corrected chi connectivity index (χ0v) is 8.24. The largest absolute Gasteiger partial charge is 0.349 e. The van der Waals surface area contributed by atoms with Crippen molar-refractivity contribution in [3.8, 4) is 0 Å². The molecule has 4 unspecified atom stereocenters. The molecular weight excluding hydrogens is 166 g/mol. The van der Waals surface area contributed by atoms with E-state index in [0.717, 1.165) is 25.2 Å². The quantitative estimate of drug-likeness (QED) is 0.704. The van der Waals surface area contributed by atoms with Crippen LogP contribution in [0.5, 0.6) is 0 Å². The molecule has 2 rings (SSSR count). The Morgan fingerprint density at radius 2 is 2.08 bits per heavy atom. The molecule has 0 aromatic heterocycles. The van der Waals surface area contributed by atoms with Gasteiger partial charge in [-0.25, -0.2) is 0 Å². The second-order valence-electron chi connectivity index (χ2n) is 4.42. The predicted molar refractivity (Wildman–Crippen MR) is 50.2 cm³/mol. The van der Waals surface area contributed by atoms with E-state index in [4.69, 9.17) is 15.2 Å². The van der Waals surface area contributed by atoms with Crippen molar-refractivity contribution in [1.29, 1.82) is 0 Å². The van der Waals surface area contributed by atoms with Crippen molar-refractivity contribution in [2.24, 2.45) is 11.7 Å². The van der Waals surface area contributed by atoms with E-state index in [1.54, 1.807) is 0 Å². The first-order chi connectivity index (χ1) is 6.25. The lowest BCUT2D eigenvalue weighted by Gasteiger charge is -2.30. The Morgan fingerprint density at radius 1 is 1.31 bits per heavy atom. The van der Waals surface area contributed by atoms with Gasteiger partial charge in [-0.15, -0.1) is 0 Å². The van der Waals surface area contributed by atoms with Crippen LogP contribution in [0.15, 0.2) is 0 Å². The summed E-state index contributed by atoms with van der Waals surface area (Å²) in [5.41, 5.74) is 5.79. The monoisotopic (exact) mass is 185 g/mol. The third-order valence-corrected chi connectivity index (χ3v) is 3.11. The minimum Gasteiger partial charge on any atom is -0.349 e. The second kappa shape index (κ2) is 3.95. The maximum Gasteiger partial charge on any atom is 0.147 e. The number of nitrogens with two attached hydrogens (primary N) is 1. The van der Waals surface area contributed by atoms with Gasteiger partial charge in [0, 0.05) is 6.04 Å². The van der Waals surface area contributed by atoms with E-state index in [9.17, 15) is 0 Å². The van der Waals surface area contributed by atoms with Gasteiger partial charge in [0.25, 0.3) is 0 Å². The van der Waals surface area contributed by atoms with E-state index in [-0.39, 0.29) is 0 Å². The summed E-state index contributed by atoms with van der Waals surface area (Å²) in [5.74, 6) is 0.753. The summed E-state index contributed by atoms with van der Waals surface area (Å²) in [6.07, 6.45) is 5.43. The average Bonchev–Trinajstić information content (AvgIpc) is 2.49. The van der Waals surface area contributed by atoms with E-state index in [0.29, 0.717) is 25.0 Å². The lowest BCUT2D eigenvalue weighted by molar-refractivity contribution is 0.0386. The highest BCUT2D eigenvalue weighted by atomic mass is 16.7. The summed E-state index contributed by atoms with van der Waals surface area (Å²) in [5, 5.41) is 0. The third-order valence-electron chi connectivity index (χ3n) is 3.11. The molecule has 1 saturated carbocycles. The Bertz CT molecular complexity index is 172. The van der Waals surface area contributed by atoms with Crippen LogP contribution in [0.4, 0.5) is 0 Å². The van der Waals surface area contributed by atoms with E-state index in [1.807, 2.05) is 0 Å². The predicted octanol–water partition coefficient (Wildman–Crippen LogP) is 1.27. The average molecular weight is 185 g/mol. The van der Waals surface area contributed by atoms with Gasteiger partial charge in [-0.3, -0.25) is 0 Å². The van der Waals surface area contributed by atoms with Gasteiger partial charge in [0.15, 0.2) is 0 Å². The molecule has 0 amide bonds. The van der Waals surface area contributed by atoms with Crippen molar-refractivity contribution in [3.63, 3.8) is 0 Å². The first-order valence-corrected chi connectivity index (χ1v) is 5.24. The van der Waals surface area contributed by atoms with Crippen LogP contribution in [0.3, 0.4) is 0 Å². The topological polar surface area (TPSA) is 44.5 Å². The Labute approximate surface area is 79.6 Å². The molecule has 0 radical (unpaired) electrons. The van der Waals surface area contributed by atoms with E-state index in [2.05, 4.69) is 6.92 Å². The molecule has 2 fully saturated rings. The molecule has 0 spiro atoms.